The van der Waals surface area contributed by atoms with Crippen molar-refractivity contribution in [3.63, 3.8) is 0 Å². The average Bonchev–Trinajstić information content (AvgIpc) is 2.81. The Labute approximate surface area is 113 Å². The van der Waals surface area contributed by atoms with Crippen molar-refractivity contribution >= 4 is 12.1 Å². The summed E-state index contributed by atoms with van der Waals surface area (Å²) in [5.74, 6) is -2.50. The molecule has 1 aliphatic heterocycles. The summed E-state index contributed by atoms with van der Waals surface area (Å²) in [6.07, 6.45) is -5.77. The molecule has 0 aromatic rings. The van der Waals surface area contributed by atoms with Gasteiger partial charge >= 0.3 is 18.2 Å². The van der Waals surface area contributed by atoms with E-state index in [0.717, 1.165) is 0 Å². The minimum absolute atomic E-state index is 0.243. The van der Waals surface area contributed by atoms with E-state index in [9.17, 15) is 22.8 Å². The zero-order chi connectivity index (χ0) is 15.5. The number of carbonyl (C=O) groups is 2. The number of nitrogens with zero attached hydrogens (tertiary/aromatic N) is 1. The fourth-order valence-corrected chi connectivity index (χ4v) is 2.77. The third-order valence-electron chi connectivity index (χ3n) is 3.75. The fourth-order valence-electron chi connectivity index (χ4n) is 2.77. The van der Waals surface area contributed by atoms with Gasteiger partial charge in [0, 0.05) is 12.5 Å². The van der Waals surface area contributed by atoms with E-state index in [1.54, 1.807) is 20.8 Å². The molecule has 0 spiro atoms. The Morgan fingerprint density at radius 1 is 1.30 bits per heavy atom. The largest absolute Gasteiger partial charge is 0.480 e. The van der Waals surface area contributed by atoms with Crippen molar-refractivity contribution in [2.45, 2.75) is 45.0 Å². The molecule has 1 amide bonds. The number of carboxylic acid groups (broad SMARTS) is 1. The number of piperidine rings is 1. The number of ether oxygens (including phenoxy) is 1. The van der Waals surface area contributed by atoms with E-state index in [1.165, 1.54) is 0 Å². The van der Waals surface area contributed by atoms with Gasteiger partial charge in [0.1, 0.15) is 11.6 Å². The molecule has 114 valence electrons. The molecule has 3 atom stereocenters. The fraction of sp³-hybridized carbons (Fsp3) is 0.833. The maximum Gasteiger partial charge on any atom is 0.411 e. The molecule has 1 heterocycles. The molecule has 5 nitrogen and oxygen atoms in total. The molecule has 8 heteroatoms. The lowest BCUT2D eigenvalue weighted by Crippen LogP contribution is -2.46. The number of hydrogen-bond donors (Lipinski definition) is 1. The van der Waals surface area contributed by atoms with Crippen LogP contribution in [0.1, 0.15) is 27.2 Å². The summed E-state index contributed by atoms with van der Waals surface area (Å²) < 4.78 is 44.1. The highest BCUT2D eigenvalue weighted by atomic mass is 19.4. The van der Waals surface area contributed by atoms with Gasteiger partial charge in [0.2, 0.25) is 0 Å². The Morgan fingerprint density at radius 2 is 1.85 bits per heavy atom. The molecule has 0 bridgehead atoms. The molecule has 20 heavy (non-hydrogen) atoms. The number of amides is 1. The van der Waals surface area contributed by atoms with Gasteiger partial charge in [0.25, 0.3) is 0 Å². The Morgan fingerprint density at radius 3 is 2.25 bits per heavy atom. The number of aliphatic carboxylic acids is 1. The summed E-state index contributed by atoms with van der Waals surface area (Å²) in [5, 5.41) is 9.09. The zero-order valence-electron chi connectivity index (χ0n) is 11.3. The van der Waals surface area contributed by atoms with Gasteiger partial charge < -0.3 is 9.84 Å². The minimum Gasteiger partial charge on any atom is -0.480 e. The van der Waals surface area contributed by atoms with E-state index in [2.05, 4.69) is 0 Å². The minimum atomic E-state index is -4.51. The van der Waals surface area contributed by atoms with Gasteiger partial charge in [-0.05, 0) is 27.2 Å². The number of carbonyl (C=O) groups excluding carboxylic acids is 1. The Hall–Kier alpha value is -1.47. The van der Waals surface area contributed by atoms with E-state index in [4.69, 9.17) is 9.84 Å². The smallest absolute Gasteiger partial charge is 0.411 e. The summed E-state index contributed by atoms with van der Waals surface area (Å²) in [7, 11) is 0. The predicted molar refractivity (Wildman–Crippen MR) is 61.0 cm³/mol. The van der Waals surface area contributed by atoms with Crippen LogP contribution in [0, 0.1) is 11.3 Å². The second kappa shape index (κ2) is 4.02. The first-order valence-corrected chi connectivity index (χ1v) is 6.18. The van der Waals surface area contributed by atoms with Crippen molar-refractivity contribution in [2.24, 2.45) is 11.3 Å². The number of carboxylic acids is 1. The molecule has 2 aliphatic rings. The van der Waals surface area contributed by atoms with Crippen LogP contribution in [0.2, 0.25) is 0 Å². The average molecular weight is 295 g/mol. The molecular formula is C12H16F3NO4. The van der Waals surface area contributed by atoms with Crippen molar-refractivity contribution in [1.29, 1.82) is 0 Å². The summed E-state index contributed by atoms with van der Waals surface area (Å²) in [6, 6.07) is -1.47. The number of fused-ring (bicyclic) bond motifs is 1. The normalized spacial score (nSPS) is 32.8. The van der Waals surface area contributed by atoms with E-state index in [-0.39, 0.29) is 6.42 Å². The summed E-state index contributed by atoms with van der Waals surface area (Å²) >= 11 is 0. The molecule has 1 saturated heterocycles. The van der Waals surface area contributed by atoms with Crippen LogP contribution < -0.4 is 0 Å². The van der Waals surface area contributed by atoms with E-state index >= 15 is 0 Å². The first-order valence-electron chi connectivity index (χ1n) is 6.18. The second-order valence-corrected chi connectivity index (χ2v) is 6.36. The monoisotopic (exact) mass is 295 g/mol. The second-order valence-electron chi connectivity index (χ2n) is 6.36. The van der Waals surface area contributed by atoms with Gasteiger partial charge in [-0.2, -0.15) is 13.2 Å². The Bertz CT molecular complexity index is 457. The molecule has 2 rings (SSSR count). The SMILES string of the molecule is CC(C)(C)OC(=O)N1C[C@]2(C(F)(F)F)C[C@H]2[C@@H]1C(=O)O. The van der Waals surface area contributed by atoms with Crippen LogP contribution in [0.3, 0.4) is 0 Å². The van der Waals surface area contributed by atoms with Gasteiger partial charge in [0.15, 0.2) is 0 Å². The van der Waals surface area contributed by atoms with Crippen LogP contribution in [0.4, 0.5) is 18.0 Å². The standard InChI is InChI=1S/C12H16F3NO4/c1-10(2,3)20-9(19)16-5-11(12(13,14)15)4-6(11)7(16)8(17)18/h6-7H,4-5H2,1-3H3,(H,17,18)/t6-,7+,11+/m0/s1. The summed E-state index contributed by atoms with van der Waals surface area (Å²) in [5.41, 5.74) is -2.97. The van der Waals surface area contributed by atoms with Crippen LogP contribution >= 0.6 is 0 Å². The number of rotatable bonds is 1. The lowest BCUT2D eigenvalue weighted by molar-refractivity contribution is -0.187. The predicted octanol–water partition coefficient (Wildman–Crippen LogP) is 2.26. The van der Waals surface area contributed by atoms with Crippen molar-refractivity contribution in [3.05, 3.63) is 0 Å². The van der Waals surface area contributed by atoms with Gasteiger partial charge in [-0.25, -0.2) is 9.59 Å². The molecule has 0 aromatic carbocycles. The number of likely N-dealkylation sites (tertiary alicyclic amines) is 1. The number of alkyl halides is 3. The molecule has 0 aromatic heterocycles. The zero-order valence-corrected chi connectivity index (χ0v) is 11.3. The maximum absolute atomic E-state index is 13.0. The molecule has 1 aliphatic carbocycles. The van der Waals surface area contributed by atoms with Crippen molar-refractivity contribution < 1.29 is 32.6 Å². The highest BCUT2D eigenvalue weighted by Gasteiger charge is 2.79. The van der Waals surface area contributed by atoms with Crippen molar-refractivity contribution in [3.8, 4) is 0 Å². The lowest BCUT2D eigenvalue weighted by atomic mass is 10.0. The van der Waals surface area contributed by atoms with Crippen LogP contribution in [-0.4, -0.2) is 46.4 Å². The summed E-state index contributed by atoms with van der Waals surface area (Å²) in [6.45, 7) is 4.05. The highest BCUT2D eigenvalue weighted by molar-refractivity contribution is 5.82. The van der Waals surface area contributed by atoms with Gasteiger partial charge in [-0.3, -0.25) is 4.90 Å². The topological polar surface area (TPSA) is 66.8 Å². The molecule has 2 fully saturated rings. The Kier molecular flexibility index (Phi) is 3.00. The Balaban J connectivity index is 2.22. The summed E-state index contributed by atoms with van der Waals surface area (Å²) in [4.78, 5) is 23.7. The highest BCUT2D eigenvalue weighted by Crippen LogP contribution is 2.68. The van der Waals surface area contributed by atoms with Gasteiger partial charge in [-0.1, -0.05) is 0 Å². The van der Waals surface area contributed by atoms with Gasteiger partial charge in [0.05, 0.1) is 5.41 Å². The molecule has 0 radical (unpaired) electrons. The van der Waals surface area contributed by atoms with Gasteiger partial charge in [-0.15, -0.1) is 0 Å². The first kappa shape index (κ1) is 14.9. The van der Waals surface area contributed by atoms with Crippen LogP contribution in [0.5, 0.6) is 0 Å². The number of halogens is 3. The number of hydrogen-bond acceptors (Lipinski definition) is 3. The first-order chi connectivity index (χ1) is 8.89. The van der Waals surface area contributed by atoms with Crippen LogP contribution in [-0.2, 0) is 9.53 Å². The van der Waals surface area contributed by atoms with Crippen LogP contribution in [0.15, 0.2) is 0 Å². The van der Waals surface area contributed by atoms with E-state index < -0.39 is 47.8 Å². The molecule has 1 N–H and O–H groups in total. The molecule has 1 saturated carbocycles. The quantitative estimate of drug-likeness (QED) is 0.805. The lowest BCUT2D eigenvalue weighted by Gasteiger charge is -2.29. The maximum atomic E-state index is 13.0. The van der Waals surface area contributed by atoms with Crippen molar-refractivity contribution in [1.82, 2.24) is 4.90 Å². The van der Waals surface area contributed by atoms with E-state index in [0.29, 0.717) is 4.90 Å². The van der Waals surface area contributed by atoms with Crippen LogP contribution in [0.25, 0.3) is 0 Å². The van der Waals surface area contributed by atoms with Crippen molar-refractivity contribution in [2.75, 3.05) is 6.54 Å². The molecule has 0 unspecified atom stereocenters. The molecular weight excluding hydrogens is 279 g/mol. The third-order valence-corrected chi connectivity index (χ3v) is 3.75. The third kappa shape index (κ3) is 2.20. The van der Waals surface area contributed by atoms with E-state index in [1.807, 2.05) is 0 Å².